The van der Waals surface area contributed by atoms with Crippen LogP contribution in [0.4, 0.5) is 10.8 Å². The fourth-order valence-corrected chi connectivity index (χ4v) is 4.71. The van der Waals surface area contributed by atoms with Gasteiger partial charge in [-0.05, 0) is 24.3 Å². The number of carbonyl (C=O) groups excluding carboxylic acids is 2. The van der Waals surface area contributed by atoms with Gasteiger partial charge in [0.25, 0.3) is 0 Å². The lowest BCUT2D eigenvalue weighted by Gasteiger charge is -2.13. The molecule has 1 saturated heterocycles. The van der Waals surface area contributed by atoms with Crippen molar-refractivity contribution < 1.29 is 18.0 Å². The van der Waals surface area contributed by atoms with Gasteiger partial charge in [-0.1, -0.05) is 17.8 Å². The maximum Gasteiger partial charge on any atom is 0.242 e. The molecular formula is C17H17N5O4S3. The lowest BCUT2D eigenvalue weighted by Crippen LogP contribution is -2.33. The molecule has 1 aliphatic rings. The quantitative estimate of drug-likeness (QED) is 0.618. The highest BCUT2D eigenvalue weighted by Gasteiger charge is 2.38. The molecule has 1 unspecified atom stereocenters. The van der Waals surface area contributed by atoms with Crippen LogP contribution in [0.1, 0.15) is 6.42 Å². The van der Waals surface area contributed by atoms with Crippen molar-refractivity contribution in [1.82, 2.24) is 9.88 Å². The molecule has 0 spiro atoms. The lowest BCUT2D eigenvalue weighted by molar-refractivity contribution is -0.127. The number of aromatic nitrogens is 1. The van der Waals surface area contributed by atoms with E-state index in [1.54, 1.807) is 17.7 Å². The number of thioether (sulfide) groups is 1. The van der Waals surface area contributed by atoms with Crippen LogP contribution in [0.15, 0.2) is 58.4 Å². The molecule has 0 aliphatic carbocycles. The Labute approximate surface area is 175 Å². The SMILES string of the molecule is C=CCN1C(=O)C(CC(=O)Nc2ccc(S(N)(=O)=O)cc2)S/C1=N/c1nccs1. The molecule has 152 valence electrons. The molecule has 12 heteroatoms. The molecule has 1 aromatic carbocycles. The second kappa shape index (κ2) is 8.86. The summed E-state index contributed by atoms with van der Waals surface area (Å²) in [4.78, 5) is 34.9. The Morgan fingerprint density at radius 1 is 1.38 bits per heavy atom. The number of primary sulfonamides is 1. The summed E-state index contributed by atoms with van der Waals surface area (Å²) in [5, 5.41) is 9.85. The molecule has 2 amide bonds. The number of aliphatic imine (C=N–C) groups is 1. The summed E-state index contributed by atoms with van der Waals surface area (Å²) in [5.41, 5.74) is 0.400. The van der Waals surface area contributed by atoms with Crippen molar-refractivity contribution in [3.05, 3.63) is 48.5 Å². The fourth-order valence-electron chi connectivity index (χ4n) is 2.48. The van der Waals surface area contributed by atoms with Gasteiger partial charge in [0.15, 0.2) is 5.17 Å². The summed E-state index contributed by atoms with van der Waals surface area (Å²) in [7, 11) is -3.81. The van der Waals surface area contributed by atoms with Crippen LogP contribution < -0.4 is 10.5 Å². The maximum atomic E-state index is 12.7. The zero-order valence-corrected chi connectivity index (χ0v) is 17.5. The van der Waals surface area contributed by atoms with Gasteiger partial charge in [0, 0.05) is 30.2 Å². The molecule has 3 rings (SSSR count). The summed E-state index contributed by atoms with van der Waals surface area (Å²) in [6.45, 7) is 3.94. The van der Waals surface area contributed by atoms with E-state index in [9.17, 15) is 18.0 Å². The minimum absolute atomic E-state index is 0.0554. The van der Waals surface area contributed by atoms with Crippen LogP contribution in [0.2, 0.25) is 0 Å². The van der Waals surface area contributed by atoms with Crippen LogP contribution >= 0.6 is 23.1 Å². The third-order valence-corrected chi connectivity index (χ3v) is 6.55. The molecule has 9 nitrogen and oxygen atoms in total. The first-order chi connectivity index (χ1) is 13.8. The first kappa shape index (κ1) is 21.2. The molecule has 1 atom stereocenters. The van der Waals surface area contributed by atoms with Crippen molar-refractivity contribution in [3.63, 3.8) is 0 Å². The second-order valence-electron chi connectivity index (χ2n) is 5.87. The van der Waals surface area contributed by atoms with Gasteiger partial charge < -0.3 is 5.32 Å². The van der Waals surface area contributed by atoms with Gasteiger partial charge in [0.05, 0.1) is 4.90 Å². The van der Waals surface area contributed by atoms with Crippen molar-refractivity contribution in [3.8, 4) is 0 Å². The number of hydrogen-bond acceptors (Lipinski definition) is 8. The van der Waals surface area contributed by atoms with E-state index >= 15 is 0 Å². The molecule has 1 aromatic heterocycles. The Morgan fingerprint density at radius 3 is 2.69 bits per heavy atom. The first-order valence-corrected chi connectivity index (χ1v) is 11.6. The van der Waals surface area contributed by atoms with Gasteiger partial charge in [-0.3, -0.25) is 14.5 Å². The largest absolute Gasteiger partial charge is 0.326 e. The highest BCUT2D eigenvalue weighted by molar-refractivity contribution is 8.15. The monoisotopic (exact) mass is 451 g/mol. The van der Waals surface area contributed by atoms with Crippen LogP contribution in [0.5, 0.6) is 0 Å². The van der Waals surface area contributed by atoms with Gasteiger partial charge in [0.2, 0.25) is 27.0 Å². The molecule has 2 aromatic rings. The third-order valence-electron chi connectivity index (χ3n) is 3.78. The smallest absolute Gasteiger partial charge is 0.242 e. The summed E-state index contributed by atoms with van der Waals surface area (Å²) >= 11 is 2.54. The van der Waals surface area contributed by atoms with E-state index in [2.05, 4.69) is 21.9 Å². The predicted octanol–water partition coefficient (Wildman–Crippen LogP) is 1.94. The number of thiazole rings is 1. The van der Waals surface area contributed by atoms with E-state index in [0.717, 1.165) is 0 Å². The molecule has 29 heavy (non-hydrogen) atoms. The molecule has 3 N–H and O–H groups in total. The highest BCUT2D eigenvalue weighted by Crippen LogP contribution is 2.32. The molecular weight excluding hydrogens is 434 g/mol. The van der Waals surface area contributed by atoms with Crippen molar-refractivity contribution in [2.75, 3.05) is 11.9 Å². The highest BCUT2D eigenvalue weighted by atomic mass is 32.2. The van der Waals surface area contributed by atoms with Crippen LogP contribution in [0.25, 0.3) is 0 Å². The molecule has 2 heterocycles. The Morgan fingerprint density at radius 2 is 2.10 bits per heavy atom. The molecule has 1 aliphatic heterocycles. The number of nitrogens with two attached hydrogens (primary N) is 1. The molecule has 0 radical (unpaired) electrons. The van der Waals surface area contributed by atoms with Crippen molar-refractivity contribution in [2.24, 2.45) is 10.1 Å². The Kier molecular flexibility index (Phi) is 6.47. The Hall–Kier alpha value is -2.54. The van der Waals surface area contributed by atoms with E-state index in [0.29, 0.717) is 16.0 Å². The number of amides is 2. The zero-order valence-electron chi connectivity index (χ0n) is 15.0. The lowest BCUT2D eigenvalue weighted by atomic mass is 10.2. The van der Waals surface area contributed by atoms with Gasteiger partial charge in [-0.2, -0.15) is 4.99 Å². The number of nitrogens with zero attached hydrogens (tertiary/aromatic N) is 3. The average molecular weight is 452 g/mol. The first-order valence-electron chi connectivity index (χ1n) is 8.28. The Bertz CT molecular complexity index is 1050. The second-order valence-corrected chi connectivity index (χ2v) is 9.48. The number of hydrogen-bond donors (Lipinski definition) is 2. The van der Waals surface area contributed by atoms with Crippen molar-refractivity contribution in [2.45, 2.75) is 16.6 Å². The van der Waals surface area contributed by atoms with Gasteiger partial charge in [0.1, 0.15) is 5.25 Å². The van der Waals surface area contributed by atoms with Crippen molar-refractivity contribution in [1.29, 1.82) is 0 Å². The summed E-state index contributed by atoms with van der Waals surface area (Å²) in [6, 6.07) is 5.46. The van der Waals surface area contributed by atoms with Gasteiger partial charge in [-0.15, -0.1) is 17.9 Å². The van der Waals surface area contributed by atoms with Gasteiger partial charge in [-0.25, -0.2) is 18.5 Å². The number of sulfonamides is 1. The van der Waals surface area contributed by atoms with Crippen LogP contribution in [0, 0.1) is 0 Å². The van der Waals surface area contributed by atoms with E-state index in [-0.39, 0.29) is 29.7 Å². The summed E-state index contributed by atoms with van der Waals surface area (Å²) in [6.07, 6.45) is 3.14. The van der Waals surface area contributed by atoms with Crippen LogP contribution in [-0.4, -0.2) is 47.1 Å². The van der Waals surface area contributed by atoms with Crippen LogP contribution in [-0.2, 0) is 19.6 Å². The average Bonchev–Trinajstić information content (AvgIpc) is 3.26. The standard InChI is InChI=1S/C17H17N5O4S3/c1-2-8-22-15(24)13(28-17(22)21-16-19-7-9-27-16)10-14(23)20-11-3-5-12(6-4-11)29(18,25)26/h2-7,9,13H,1,8,10H2,(H,20,23)(H2,18,25,26)/b21-17+. The van der Waals surface area contributed by atoms with E-state index in [4.69, 9.17) is 5.14 Å². The summed E-state index contributed by atoms with van der Waals surface area (Å²) in [5.74, 6) is -0.613. The number of benzene rings is 1. The van der Waals surface area contributed by atoms with Crippen molar-refractivity contribution >= 4 is 60.9 Å². The topological polar surface area (TPSA) is 135 Å². The number of anilines is 1. The number of amidine groups is 1. The van der Waals surface area contributed by atoms with E-state index in [1.807, 2.05) is 0 Å². The fraction of sp³-hybridized carbons (Fsp3) is 0.176. The number of nitrogens with one attached hydrogen (secondary N) is 1. The van der Waals surface area contributed by atoms with Crippen LogP contribution in [0.3, 0.4) is 0 Å². The molecule has 0 saturated carbocycles. The maximum absolute atomic E-state index is 12.7. The predicted molar refractivity (Wildman–Crippen MR) is 114 cm³/mol. The van der Waals surface area contributed by atoms with E-state index in [1.165, 1.54) is 52.3 Å². The Balaban J connectivity index is 1.68. The normalized spacial score (nSPS) is 18.2. The zero-order chi connectivity index (χ0) is 21.0. The van der Waals surface area contributed by atoms with Gasteiger partial charge >= 0.3 is 0 Å². The minimum atomic E-state index is -3.81. The summed E-state index contributed by atoms with van der Waals surface area (Å²) < 4.78 is 22.6. The number of carbonyl (C=O) groups is 2. The minimum Gasteiger partial charge on any atom is -0.326 e. The van der Waals surface area contributed by atoms with E-state index < -0.39 is 15.3 Å². The number of rotatable bonds is 7. The third kappa shape index (κ3) is 5.29. The molecule has 1 fully saturated rings. The molecule has 0 bridgehead atoms.